The summed E-state index contributed by atoms with van der Waals surface area (Å²) in [5, 5.41) is 3.81. The third-order valence-electron chi connectivity index (χ3n) is 7.15. The molecule has 0 spiro atoms. The molecule has 2 N–H and O–H groups in total. The summed E-state index contributed by atoms with van der Waals surface area (Å²) in [6, 6.07) is 5.69. The highest BCUT2D eigenvalue weighted by molar-refractivity contribution is 7.71. The van der Waals surface area contributed by atoms with E-state index in [-0.39, 0.29) is 23.6 Å². The summed E-state index contributed by atoms with van der Waals surface area (Å²) in [5.41, 5.74) is 1.17. The lowest BCUT2D eigenvalue weighted by atomic mass is 9.78. The van der Waals surface area contributed by atoms with Crippen molar-refractivity contribution in [3.63, 3.8) is 0 Å². The maximum atomic E-state index is 13.1. The maximum absolute atomic E-state index is 13.1. The fourth-order valence-corrected chi connectivity index (χ4v) is 5.42. The Kier molecular flexibility index (Phi) is 5.91. The van der Waals surface area contributed by atoms with Crippen LogP contribution in [-0.4, -0.2) is 21.5 Å². The molecule has 3 atom stereocenters. The molecule has 6 heteroatoms. The predicted octanol–water partition coefficient (Wildman–Crippen LogP) is 5.12. The lowest BCUT2D eigenvalue weighted by Gasteiger charge is -2.34. The number of carbonyl (C=O) groups excluding carboxylic acids is 1. The van der Waals surface area contributed by atoms with Gasteiger partial charge in [-0.2, -0.15) is 0 Å². The fourth-order valence-electron chi connectivity index (χ4n) is 5.08. The van der Waals surface area contributed by atoms with Crippen LogP contribution in [0.3, 0.4) is 0 Å². The van der Waals surface area contributed by atoms with Crippen LogP contribution in [0.15, 0.2) is 23.0 Å². The van der Waals surface area contributed by atoms with E-state index in [0.29, 0.717) is 33.1 Å². The highest BCUT2D eigenvalue weighted by atomic mass is 32.1. The van der Waals surface area contributed by atoms with E-state index in [4.69, 9.17) is 12.2 Å². The van der Waals surface area contributed by atoms with Crippen molar-refractivity contribution in [1.29, 1.82) is 0 Å². The Morgan fingerprint density at radius 1 is 1.10 bits per heavy atom. The zero-order valence-corrected chi connectivity index (χ0v) is 18.2. The van der Waals surface area contributed by atoms with Crippen molar-refractivity contribution < 1.29 is 4.79 Å². The van der Waals surface area contributed by atoms with Crippen LogP contribution < -0.4 is 10.9 Å². The number of aromatic nitrogens is 2. The van der Waals surface area contributed by atoms with Gasteiger partial charge in [0.15, 0.2) is 4.77 Å². The molecule has 2 saturated carbocycles. The Morgan fingerprint density at radius 2 is 1.86 bits per heavy atom. The summed E-state index contributed by atoms with van der Waals surface area (Å²) in [5.74, 6) is 1.02. The molecule has 156 valence electrons. The largest absolute Gasteiger partial charge is 0.349 e. The van der Waals surface area contributed by atoms with E-state index in [0.717, 1.165) is 38.5 Å². The van der Waals surface area contributed by atoms with E-state index in [1.807, 2.05) is 0 Å². The van der Waals surface area contributed by atoms with Crippen LogP contribution in [-0.2, 0) is 0 Å². The SMILES string of the molecule is CC1CCCC(NC(=O)c2ccc3c(=O)n(C4CCCCC4)c(=S)[nH]c3c2)C1C. The number of carbonyl (C=O) groups is 1. The van der Waals surface area contributed by atoms with Gasteiger partial charge >= 0.3 is 0 Å². The third-order valence-corrected chi connectivity index (χ3v) is 7.45. The molecule has 4 rings (SSSR count). The molecule has 5 nitrogen and oxygen atoms in total. The lowest BCUT2D eigenvalue weighted by Crippen LogP contribution is -2.43. The highest BCUT2D eigenvalue weighted by Crippen LogP contribution is 2.30. The Balaban J connectivity index is 1.62. The highest BCUT2D eigenvalue weighted by Gasteiger charge is 2.28. The molecule has 1 amide bonds. The first-order valence-corrected chi connectivity index (χ1v) is 11.5. The van der Waals surface area contributed by atoms with Crippen LogP contribution in [0.25, 0.3) is 10.9 Å². The van der Waals surface area contributed by atoms with Crippen LogP contribution >= 0.6 is 12.2 Å². The molecule has 29 heavy (non-hydrogen) atoms. The lowest BCUT2D eigenvalue weighted by molar-refractivity contribution is 0.0891. The molecule has 0 saturated heterocycles. The molecule has 0 aliphatic heterocycles. The van der Waals surface area contributed by atoms with Gasteiger partial charge in [0.25, 0.3) is 11.5 Å². The molecule has 1 aromatic carbocycles. The van der Waals surface area contributed by atoms with E-state index in [2.05, 4.69) is 24.1 Å². The maximum Gasteiger partial charge on any atom is 0.262 e. The van der Waals surface area contributed by atoms with Gasteiger partial charge in [0, 0.05) is 17.6 Å². The molecule has 2 fully saturated rings. The van der Waals surface area contributed by atoms with Crippen LogP contribution in [0, 0.1) is 16.6 Å². The van der Waals surface area contributed by atoms with Crippen molar-refractivity contribution in [2.75, 3.05) is 0 Å². The Morgan fingerprint density at radius 3 is 2.62 bits per heavy atom. The predicted molar refractivity (Wildman–Crippen MR) is 119 cm³/mol. The third kappa shape index (κ3) is 4.04. The molecule has 0 radical (unpaired) electrons. The monoisotopic (exact) mass is 413 g/mol. The average Bonchev–Trinajstić information content (AvgIpc) is 2.72. The number of aromatic amines is 1. The minimum Gasteiger partial charge on any atom is -0.349 e. The van der Waals surface area contributed by atoms with Crippen LogP contribution in [0.1, 0.15) is 81.6 Å². The van der Waals surface area contributed by atoms with E-state index >= 15 is 0 Å². The van der Waals surface area contributed by atoms with Gasteiger partial charge in [0.2, 0.25) is 0 Å². The second-order valence-electron chi connectivity index (χ2n) is 9.00. The van der Waals surface area contributed by atoms with Gasteiger partial charge < -0.3 is 10.3 Å². The Hall–Kier alpha value is -1.95. The minimum atomic E-state index is -0.0753. The summed E-state index contributed by atoms with van der Waals surface area (Å²) < 4.78 is 2.21. The van der Waals surface area contributed by atoms with Gasteiger partial charge in [-0.3, -0.25) is 14.2 Å². The molecule has 1 aromatic heterocycles. The normalized spacial score (nSPS) is 25.8. The number of benzene rings is 1. The summed E-state index contributed by atoms with van der Waals surface area (Å²) in [4.78, 5) is 29.2. The molecule has 2 aliphatic rings. The number of hydrogen-bond acceptors (Lipinski definition) is 3. The van der Waals surface area contributed by atoms with Gasteiger partial charge in [-0.15, -0.1) is 0 Å². The van der Waals surface area contributed by atoms with Crippen molar-refractivity contribution in [2.45, 2.75) is 77.3 Å². The minimum absolute atomic E-state index is 0.0441. The molecule has 1 heterocycles. The first-order valence-electron chi connectivity index (χ1n) is 11.0. The van der Waals surface area contributed by atoms with Crippen molar-refractivity contribution in [2.24, 2.45) is 11.8 Å². The van der Waals surface area contributed by atoms with Gasteiger partial charge in [0.05, 0.1) is 10.9 Å². The number of amides is 1. The molecule has 0 bridgehead atoms. The number of nitrogens with one attached hydrogen (secondary N) is 2. The van der Waals surface area contributed by atoms with E-state index in [9.17, 15) is 9.59 Å². The Bertz CT molecular complexity index is 1020. The smallest absolute Gasteiger partial charge is 0.262 e. The summed E-state index contributed by atoms with van der Waals surface area (Å²) in [6.07, 6.45) is 8.92. The van der Waals surface area contributed by atoms with Crippen molar-refractivity contribution in [3.8, 4) is 0 Å². The topological polar surface area (TPSA) is 66.9 Å². The molecule has 2 aromatic rings. The molecular weight excluding hydrogens is 382 g/mol. The van der Waals surface area contributed by atoms with Crippen LogP contribution in [0.4, 0.5) is 0 Å². The molecule has 2 aliphatic carbocycles. The van der Waals surface area contributed by atoms with E-state index < -0.39 is 0 Å². The molecular formula is C23H31N3O2S. The van der Waals surface area contributed by atoms with E-state index in [1.54, 1.807) is 22.8 Å². The fraction of sp³-hybridized carbons (Fsp3) is 0.609. The van der Waals surface area contributed by atoms with Crippen molar-refractivity contribution in [3.05, 3.63) is 38.9 Å². The van der Waals surface area contributed by atoms with Crippen LogP contribution in [0.5, 0.6) is 0 Å². The Labute approximate surface area is 176 Å². The van der Waals surface area contributed by atoms with E-state index in [1.165, 1.54) is 12.8 Å². The number of H-pyrrole nitrogens is 1. The van der Waals surface area contributed by atoms with Crippen molar-refractivity contribution in [1.82, 2.24) is 14.9 Å². The zero-order valence-electron chi connectivity index (χ0n) is 17.4. The molecule has 3 unspecified atom stereocenters. The van der Waals surface area contributed by atoms with Gasteiger partial charge in [-0.05, 0) is 61.5 Å². The van der Waals surface area contributed by atoms with Gasteiger partial charge in [0.1, 0.15) is 0 Å². The standard InChI is InChI=1S/C23H31N3O2S/c1-14-7-6-10-19(15(14)2)24-21(27)16-11-12-18-20(13-16)25-23(29)26(22(18)28)17-8-4-3-5-9-17/h11-15,17,19H,3-10H2,1-2H3,(H,24,27)(H,25,29). The number of nitrogens with zero attached hydrogens (tertiary/aromatic N) is 1. The number of hydrogen-bond donors (Lipinski definition) is 2. The quantitative estimate of drug-likeness (QED) is 0.687. The second-order valence-corrected chi connectivity index (χ2v) is 9.39. The number of fused-ring (bicyclic) bond motifs is 1. The van der Waals surface area contributed by atoms with Crippen molar-refractivity contribution >= 4 is 29.0 Å². The first kappa shape index (κ1) is 20.3. The first-order chi connectivity index (χ1) is 14.0. The van der Waals surface area contributed by atoms with Gasteiger partial charge in [-0.1, -0.05) is 46.0 Å². The summed E-state index contributed by atoms with van der Waals surface area (Å²) >= 11 is 5.52. The average molecular weight is 414 g/mol. The van der Waals surface area contributed by atoms with Gasteiger partial charge in [-0.25, -0.2) is 0 Å². The second kappa shape index (κ2) is 8.42. The van der Waals surface area contributed by atoms with Crippen LogP contribution in [0.2, 0.25) is 0 Å². The summed E-state index contributed by atoms with van der Waals surface area (Å²) in [7, 11) is 0. The summed E-state index contributed by atoms with van der Waals surface area (Å²) in [6.45, 7) is 4.48. The zero-order chi connectivity index (χ0) is 20.5. The number of rotatable bonds is 3.